The van der Waals surface area contributed by atoms with Crippen LogP contribution in [0.3, 0.4) is 0 Å². The van der Waals surface area contributed by atoms with E-state index in [0.717, 1.165) is 25.0 Å². The van der Waals surface area contributed by atoms with Crippen molar-refractivity contribution in [3.8, 4) is 0 Å². The lowest BCUT2D eigenvalue weighted by molar-refractivity contribution is -0.141. The SMILES string of the molecule is CC(=CCl)CN1CCCC1C(=O)O. The van der Waals surface area contributed by atoms with Gasteiger partial charge in [0, 0.05) is 12.1 Å². The molecule has 1 heterocycles. The summed E-state index contributed by atoms with van der Waals surface area (Å²) in [7, 11) is 0. The molecule has 4 heteroatoms. The lowest BCUT2D eigenvalue weighted by Crippen LogP contribution is -2.36. The Balaban J connectivity index is 2.54. The van der Waals surface area contributed by atoms with Gasteiger partial charge in [-0.15, -0.1) is 0 Å². The van der Waals surface area contributed by atoms with Gasteiger partial charge >= 0.3 is 5.97 Å². The van der Waals surface area contributed by atoms with Gasteiger partial charge in [-0.25, -0.2) is 0 Å². The normalized spacial score (nSPS) is 25.1. The van der Waals surface area contributed by atoms with Crippen LogP contribution in [-0.2, 0) is 4.79 Å². The molecule has 1 atom stereocenters. The molecule has 0 aromatic heterocycles. The highest BCUT2D eigenvalue weighted by atomic mass is 35.5. The summed E-state index contributed by atoms with van der Waals surface area (Å²) >= 11 is 5.52. The summed E-state index contributed by atoms with van der Waals surface area (Å²) in [5.74, 6) is -0.722. The van der Waals surface area contributed by atoms with Crippen LogP contribution in [0.15, 0.2) is 11.1 Å². The third-order valence-electron chi connectivity index (χ3n) is 2.29. The Hall–Kier alpha value is -0.540. The van der Waals surface area contributed by atoms with Crippen LogP contribution in [0.2, 0.25) is 0 Å². The number of halogens is 1. The van der Waals surface area contributed by atoms with Crippen LogP contribution in [0.4, 0.5) is 0 Å². The van der Waals surface area contributed by atoms with Gasteiger partial charge in [0.2, 0.25) is 0 Å². The summed E-state index contributed by atoms with van der Waals surface area (Å²) in [6.45, 7) is 3.43. The van der Waals surface area contributed by atoms with Crippen LogP contribution in [0.25, 0.3) is 0 Å². The molecule has 74 valence electrons. The van der Waals surface area contributed by atoms with E-state index >= 15 is 0 Å². The second-order valence-corrected chi connectivity index (χ2v) is 3.64. The lowest BCUT2D eigenvalue weighted by Gasteiger charge is -2.20. The van der Waals surface area contributed by atoms with E-state index < -0.39 is 5.97 Å². The van der Waals surface area contributed by atoms with Gasteiger partial charge < -0.3 is 5.11 Å². The van der Waals surface area contributed by atoms with Crippen molar-refractivity contribution in [3.63, 3.8) is 0 Å². The number of rotatable bonds is 3. The average molecular weight is 204 g/mol. The van der Waals surface area contributed by atoms with Crippen LogP contribution in [0.1, 0.15) is 19.8 Å². The first-order valence-electron chi connectivity index (χ1n) is 4.38. The Morgan fingerprint density at radius 3 is 3.00 bits per heavy atom. The van der Waals surface area contributed by atoms with E-state index in [9.17, 15) is 4.79 Å². The van der Waals surface area contributed by atoms with E-state index in [4.69, 9.17) is 16.7 Å². The van der Waals surface area contributed by atoms with Gasteiger partial charge in [0.15, 0.2) is 0 Å². The Labute approximate surface area is 83.0 Å². The molecule has 0 spiro atoms. The van der Waals surface area contributed by atoms with Crippen molar-refractivity contribution in [1.29, 1.82) is 0 Å². The minimum atomic E-state index is -0.722. The molecule has 0 radical (unpaired) electrons. The van der Waals surface area contributed by atoms with Crippen molar-refractivity contribution in [2.45, 2.75) is 25.8 Å². The lowest BCUT2D eigenvalue weighted by atomic mass is 10.2. The summed E-state index contributed by atoms with van der Waals surface area (Å²) in [4.78, 5) is 12.7. The molecular weight excluding hydrogens is 190 g/mol. The molecule has 0 aromatic rings. The first-order chi connectivity index (χ1) is 6.15. The first kappa shape index (κ1) is 10.5. The van der Waals surface area contributed by atoms with Crippen LogP contribution in [0.5, 0.6) is 0 Å². The Morgan fingerprint density at radius 2 is 2.46 bits per heavy atom. The van der Waals surface area contributed by atoms with Crippen molar-refractivity contribution in [2.75, 3.05) is 13.1 Å². The van der Waals surface area contributed by atoms with Gasteiger partial charge in [0.25, 0.3) is 0 Å². The molecule has 0 bridgehead atoms. The fraction of sp³-hybridized carbons (Fsp3) is 0.667. The van der Waals surface area contributed by atoms with E-state index in [-0.39, 0.29) is 6.04 Å². The van der Waals surface area contributed by atoms with E-state index in [1.807, 2.05) is 11.8 Å². The molecular formula is C9H14ClNO2. The highest BCUT2D eigenvalue weighted by Crippen LogP contribution is 2.18. The van der Waals surface area contributed by atoms with Crippen molar-refractivity contribution < 1.29 is 9.90 Å². The van der Waals surface area contributed by atoms with Crippen molar-refractivity contribution in [3.05, 3.63) is 11.1 Å². The standard InChI is InChI=1S/C9H14ClNO2/c1-7(5-10)6-11-4-2-3-8(11)9(12)13/h5,8H,2-4,6H2,1H3,(H,12,13). The van der Waals surface area contributed by atoms with Gasteiger partial charge in [-0.3, -0.25) is 9.69 Å². The number of hydrogen-bond donors (Lipinski definition) is 1. The molecule has 1 N–H and O–H groups in total. The summed E-state index contributed by atoms with van der Waals surface area (Å²) in [6, 6.07) is -0.313. The Kier molecular flexibility index (Phi) is 3.75. The topological polar surface area (TPSA) is 40.5 Å². The highest BCUT2D eigenvalue weighted by Gasteiger charge is 2.29. The van der Waals surface area contributed by atoms with Crippen LogP contribution in [-0.4, -0.2) is 35.1 Å². The van der Waals surface area contributed by atoms with E-state index in [1.54, 1.807) is 0 Å². The van der Waals surface area contributed by atoms with Crippen LogP contribution < -0.4 is 0 Å². The molecule has 1 saturated heterocycles. The number of hydrogen-bond acceptors (Lipinski definition) is 2. The minimum Gasteiger partial charge on any atom is -0.480 e. The van der Waals surface area contributed by atoms with E-state index in [2.05, 4.69) is 0 Å². The van der Waals surface area contributed by atoms with Crippen molar-refractivity contribution >= 4 is 17.6 Å². The molecule has 1 unspecified atom stereocenters. The maximum atomic E-state index is 10.8. The van der Waals surface area contributed by atoms with E-state index in [1.165, 1.54) is 5.54 Å². The largest absolute Gasteiger partial charge is 0.480 e. The van der Waals surface area contributed by atoms with Crippen molar-refractivity contribution in [2.24, 2.45) is 0 Å². The van der Waals surface area contributed by atoms with E-state index in [0.29, 0.717) is 6.54 Å². The summed E-state index contributed by atoms with van der Waals surface area (Å²) in [6.07, 6.45) is 1.72. The predicted molar refractivity (Wildman–Crippen MR) is 51.8 cm³/mol. The number of carboxylic acids is 1. The highest BCUT2D eigenvalue weighted by molar-refractivity contribution is 6.25. The van der Waals surface area contributed by atoms with Gasteiger partial charge in [0.1, 0.15) is 6.04 Å². The zero-order chi connectivity index (χ0) is 9.84. The molecule has 0 aromatic carbocycles. The molecule has 0 amide bonds. The molecule has 1 aliphatic heterocycles. The first-order valence-corrected chi connectivity index (χ1v) is 4.81. The fourth-order valence-electron chi connectivity index (χ4n) is 1.65. The summed E-state index contributed by atoms with van der Waals surface area (Å²) < 4.78 is 0. The smallest absolute Gasteiger partial charge is 0.320 e. The molecule has 1 fully saturated rings. The summed E-state index contributed by atoms with van der Waals surface area (Å²) in [5, 5.41) is 8.88. The predicted octanol–water partition coefficient (Wildman–Crippen LogP) is 1.68. The third-order valence-corrected chi connectivity index (χ3v) is 2.66. The molecule has 0 saturated carbocycles. The third kappa shape index (κ3) is 2.71. The number of aliphatic carboxylic acids is 1. The van der Waals surface area contributed by atoms with Gasteiger partial charge in [0.05, 0.1) is 0 Å². The molecule has 3 nitrogen and oxygen atoms in total. The average Bonchev–Trinajstić information content (AvgIpc) is 2.52. The fourth-order valence-corrected chi connectivity index (χ4v) is 1.72. The Bertz CT molecular complexity index is 228. The molecule has 1 aliphatic rings. The van der Waals surface area contributed by atoms with Crippen molar-refractivity contribution in [1.82, 2.24) is 4.90 Å². The van der Waals surface area contributed by atoms with Gasteiger partial charge in [-0.2, -0.15) is 0 Å². The number of carbonyl (C=O) groups is 1. The monoisotopic (exact) mass is 203 g/mol. The molecule has 0 aliphatic carbocycles. The molecule has 1 rings (SSSR count). The van der Waals surface area contributed by atoms with Gasteiger partial charge in [-0.1, -0.05) is 11.6 Å². The zero-order valence-corrected chi connectivity index (χ0v) is 8.42. The zero-order valence-electron chi connectivity index (χ0n) is 7.66. The minimum absolute atomic E-state index is 0.313. The maximum absolute atomic E-state index is 10.8. The maximum Gasteiger partial charge on any atom is 0.320 e. The number of nitrogens with zero attached hydrogens (tertiary/aromatic N) is 1. The quantitative estimate of drug-likeness (QED) is 0.759. The second-order valence-electron chi connectivity index (χ2n) is 3.42. The number of likely N-dealkylation sites (tertiary alicyclic amines) is 1. The Morgan fingerprint density at radius 1 is 1.77 bits per heavy atom. The second kappa shape index (κ2) is 4.63. The molecule has 13 heavy (non-hydrogen) atoms. The van der Waals surface area contributed by atoms with Gasteiger partial charge in [-0.05, 0) is 31.9 Å². The number of carboxylic acid groups (broad SMARTS) is 1. The van der Waals surface area contributed by atoms with Crippen LogP contribution >= 0.6 is 11.6 Å². The van der Waals surface area contributed by atoms with Crippen LogP contribution in [0, 0.1) is 0 Å². The summed E-state index contributed by atoms with van der Waals surface area (Å²) in [5.41, 5.74) is 2.52.